The van der Waals surface area contributed by atoms with Crippen LogP contribution < -0.4 is 5.32 Å². The molecule has 8 heteroatoms. The van der Waals surface area contributed by atoms with Crippen molar-refractivity contribution in [3.05, 3.63) is 51.1 Å². The molecule has 0 aliphatic rings. The molecular weight excluding hydrogens is 282 g/mol. The number of halogens is 1. The number of rotatable bonds is 5. The van der Waals surface area contributed by atoms with E-state index in [1.807, 2.05) is 14.0 Å². The van der Waals surface area contributed by atoms with Gasteiger partial charge in [0.2, 0.25) is 0 Å². The summed E-state index contributed by atoms with van der Waals surface area (Å²) in [4.78, 5) is 10.6. The maximum Gasteiger partial charge on any atom is 0.275 e. The van der Waals surface area contributed by atoms with E-state index in [4.69, 9.17) is 11.6 Å². The first-order chi connectivity index (χ1) is 9.50. The van der Waals surface area contributed by atoms with E-state index < -0.39 is 4.92 Å². The van der Waals surface area contributed by atoms with E-state index in [9.17, 15) is 10.1 Å². The molecule has 0 fully saturated rings. The first-order valence-corrected chi connectivity index (χ1v) is 6.37. The molecule has 0 aliphatic heterocycles. The van der Waals surface area contributed by atoms with Crippen LogP contribution in [-0.4, -0.2) is 19.7 Å². The molecule has 20 heavy (non-hydrogen) atoms. The second-order valence-electron chi connectivity index (χ2n) is 4.40. The minimum absolute atomic E-state index is 0.00941. The summed E-state index contributed by atoms with van der Waals surface area (Å²) in [5.74, 6) is 0.750. The molecule has 2 rings (SSSR count). The maximum atomic E-state index is 11.0. The van der Waals surface area contributed by atoms with Gasteiger partial charge in [0.15, 0.2) is 0 Å². The second-order valence-corrected chi connectivity index (χ2v) is 4.80. The average Bonchev–Trinajstić information content (AvgIpc) is 2.83. The molecule has 1 aromatic heterocycles. The van der Waals surface area contributed by atoms with Gasteiger partial charge in [-0.1, -0.05) is 17.7 Å². The van der Waals surface area contributed by atoms with Crippen molar-refractivity contribution < 1.29 is 4.92 Å². The summed E-state index contributed by atoms with van der Waals surface area (Å²) in [6.45, 7) is 2.19. The van der Waals surface area contributed by atoms with E-state index in [0.717, 1.165) is 5.82 Å². The molecule has 1 aromatic carbocycles. The molecular formula is C12H14ClN5O2. The number of hydrogen-bond donors (Lipinski definition) is 1. The topological polar surface area (TPSA) is 85.9 Å². The van der Waals surface area contributed by atoms with Crippen LogP contribution in [0.2, 0.25) is 5.02 Å². The standard InChI is InChI=1S/C12H14ClN5O2/c1-8(12-16-15-7-17(12)2)14-6-9-10(13)4-3-5-11(9)18(19)20/h3-5,7-8,14H,6H2,1-2H3. The summed E-state index contributed by atoms with van der Waals surface area (Å²) in [7, 11) is 1.84. The Morgan fingerprint density at radius 1 is 1.55 bits per heavy atom. The largest absolute Gasteiger partial charge is 0.319 e. The molecule has 2 aromatic rings. The van der Waals surface area contributed by atoms with Crippen LogP contribution in [-0.2, 0) is 13.6 Å². The van der Waals surface area contributed by atoms with Gasteiger partial charge in [0.25, 0.3) is 5.69 Å². The molecule has 106 valence electrons. The van der Waals surface area contributed by atoms with E-state index in [1.54, 1.807) is 23.0 Å². The molecule has 1 heterocycles. The number of hydrogen-bond acceptors (Lipinski definition) is 5. The van der Waals surface area contributed by atoms with Crippen molar-refractivity contribution in [1.82, 2.24) is 20.1 Å². The zero-order chi connectivity index (χ0) is 14.7. The van der Waals surface area contributed by atoms with E-state index in [2.05, 4.69) is 15.5 Å². The summed E-state index contributed by atoms with van der Waals surface area (Å²) >= 11 is 6.04. The van der Waals surface area contributed by atoms with Crippen molar-refractivity contribution >= 4 is 17.3 Å². The first-order valence-electron chi connectivity index (χ1n) is 5.99. The molecule has 0 amide bonds. The molecule has 0 saturated heterocycles. The molecule has 1 atom stereocenters. The Morgan fingerprint density at radius 2 is 2.30 bits per heavy atom. The van der Waals surface area contributed by atoms with Gasteiger partial charge in [0.1, 0.15) is 12.2 Å². The van der Waals surface area contributed by atoms with E-state index in [1.165, 1.54) is 6.07 Å². The summed E-state index contributed by atoms with van der Waals surface area (Å²) < 4.78 is 1.79. The molecule has 1 unspecified atom stereocenters. The van der Waals surface area contributed by atoms with Crippen LogP contribution in [0.4, 0.5) is 5.69 Å². The van der Waals surface area contributed by atoms with Crippen LogP contribution in [0.1, 0.15) is 24.4 Å². The van der Waals surface area contributed by atoms with Gasteiger partial charge >= 0.3 is 0 Å². The van der Waals surface area contributed by atoms with Crippen LogP contribution in [0.5, 0.6) is 0 Å². The van der Waals surface area contributed by atoms with Gasteiger partial charge in [-0.3, -0.25) is 10.1 Å². The lowest BCUT2D eigenvalue weighted by molar-refractivity contribution is -0.385. The maximum absolute atomic E-state index is 11.0. The number of nitro benzene ring substituents is 1. The Hall–Kier alpha value is -1.99. The fourth-order valence-electron chi connectivity index (χ4n) is 1.92. The zero-order valence-corrected chi connectivity index (χ0v) is 11.8. The van der Waals surface area contributed by atoms with Gasteiger partial charge in [-0.2, -0.15) is 0 Å². The lowest BCUT2D eigenvalue weighted by atomic mass is 10.1. The Labute approximate surface area is 120 Å². The van der Waals surface area contributed by atoms with Gasteiger partial charge < -0.3 is 9.88 Å². The first kappa shape index (κ1) is 14.4. The third-order valence-corrected chi connectivity index (χ3v) is 3.36. The number of nitro groups is 1. The smallest absolute Gasteiger partial charge is 0.275 e. The highest BCUT2D eigenvalue weighted by molar-refractivity contribution is 6.31. The van der Waals surface area contributed by atoms with Gasteiger partial charge in [0.05, 0.1) is 21.6 Å². The van der Waals surface area contributed by atoms with Crippen molar-refractivity contribution in [1.29, 1.82) is 0 Å². The van der Waals surface area contributed by atoms with Gasteiger partial charge in [-0.05, 0) is 13.0 Å². The summed E-state index contributed by atoms with van der Waals surface area (Å²) in [5, 5.41) is 22.3. The summed E-state index contributed by atoms with van der Waals surface area (Å²) in [5.41, 5.74) is 0.475. The van der Waals surface area contributed by atoms with Crippen molar-refractivity contribution in [3.8, 4) is 0 Å². The minimum Gasteiger partial charge on any atom is -0.319 e. The fourth-order valence-corrected chi connectivity index (χ4v) is 2.16. The SMILES string of the molecule is CC(NCc1c(Cl)cccc1[N+](=O)[O-])c1nncn1C. The number of aromatic nitrogens is 3. The molecule has 0 radical (unpaired) electrons. The van der Waals surface area contributed by atoms with Crippen LogP contribution in [0.15, 0.2) is 24.5 Å². The Morgan fingerprint density at radius 3 is 2.90 bits per heavy atom. The van der Waals surface area contributed by atoms with Gasteiger partial charge in [-0.15, -0.1) is 10.2 Å². The average molecular weight is 296 g/mol. The molecule has 1 N–H and O–H groups in total. The highest BCUT2D eigenvalue weighted by Crippen LogP contribution is 2.26. The lowest BCUT2D eigenvalue weighted by Crippen LogP contribution is -2.21. The predicted molar refractivity (Wildman–Crippen MR) is 74.4 cm³/mol. The molecule has 0 aliphatic carbocycles. The van der Waals surface area contributed by atoms with Crippen molar-refractivity contribution in [3.63, 3.8) is 0 Å². The lowest BCUT2D eigenvalue weighted by Gasteiger charge is -2.13. The van der Waals surface area contributed by atoms with Gasteiger partial charge in [0, 0.05) is 19.7 Å². The Balaban J connectivity index is 2.15. The van der Waals surface area contributed by atoms with E-state index in [-0.39, 0.29) is 18.3 Å². The van der Waals surface area contributed by atoms with Crippen LogP contribution in [0.25, 0.3) is 0 Å². The monoisotopic (exact) mass is 295 g/mol. The number of nitrogens with zero attached hydrogens (tertiary/aromatic N) is 4. The third-order valence-electron chi connectivity index (χ3n) is 3.01. The fraction of sp³-hybridized carbons (Fsp3) is 0.333. The van der Waals surface area contributed by atoms with Crippen molar-refractivity contribution in [2.75, 3.05) is 0 Å². The van der Waals surface area contributed by atoms with Crippen LogP contribution in [0.3, 0.4) is 0 Å². The molecule has 0 spiro atoms. The summed E-state index contributed by atoms with van der Waals surface area (Å²) in [6, 6.07) is 4.54. The van der Waals surface area contributed by atoms with Crippen LogP contribution in [0, 0.1) is 10.1 Å². The number of nitrogens with one attached hydrogen (secondary N) is 1. The van der Waals surface area contributed by atoms with E-state index >= 15 is 0 Å². The van der Waals surface area contributed by atoms with Crippen molar-refractivity contribution in [2.45, 2.75) is 19.5 Å². The minimum atomic E-state index is -0.435. The quantitative estimate of drug-likeness (QED) is 0.675. The second kappa shape index (κ2) is 5.98. The van der Waals surface area contributed by atoms with Gasteiger partial charge in [-0.25, -0.2) is 0 Å². The molecule has 0 saturated carbocycles. The molecule has 0 bridgehead atoms. The number of benzene rings is 1. The normalized spacial score (nSPS) is 12.3. The van der Waals surface area contributed by atoms with Crippen molar-refractivity contribution in [2.24, 2.45) is 7.05 Å². The van der Waals surface area contributed by atoms with Crippen LogP contribution >= 0.6 is 11.6 Å². The Bertz CT molecular complexity index is 628. The highest BCUT2D eigenvalue weighted by atomic mass is 35.5. The Kier molecular flexibility index (Phi) is 4.31. The molecule has 7 nitrogen and oxygen atoms in total. The van der Waals surface area contributed by atoms with E-state index in [0.29, 0.717) is 10.6 Å². The number of aryl methyl sites for hydroxylation is 1. The predicted octanol–water partition coefficient (Wildman–Crippen LogP) is 2.23. The zero-order valence-electron chi connectivity index (χ0n) is 11.1. The third kappa shape index (κ3) is 2.94. The summed E-state index contributed by atoms with van der Waals surface area (Å²) in [6.07, 6.45) is 1.60. The highest BCUT2D eigenvalue weighted by Gasteiger charge is 2.18.